The van der Waals surface area contributed by atoms with Gasteiger partial charge in [0.05, 0.1) is 0 Å². The smallest absolute Gasteiger partial charge is 0.0336 e. The maximum Gasteiger partial charge on any atom is 0.0336 e. The van der Waals surface area contributed by atoms with Crippen molar-refractivity contribution >= 4 is 31.9 Å². The van der Waals surface area contributed by atoms with Crippen molar-refractivity contribution in [2.75, 3.05) is 0 Å². The molecule has 0 aliphatic heterocycles. The van der Waals surface area contributed by atoms with E-state index in [4.69, 9.17) is 5.73 Å². The second-order valence-electron chi connectivity index (χ2n) is 4.44. The molecule has 0 amide bonds. The average molecular weight is 369 g/mol. The minimum Gasteiger partial charge on any atom is -0.324 e. The summed E-state index contributed by atoms with van der Waals surface area (Å²) in [6.07, 6.45) is 0.857. The van der Waals surface area contributed by atoms with Crippen LogP contribution in [0.2, 0.25) is 0 Å². The number of nitrogens with two attached hydrogens (primary N) is 1. The average Bonchev–Trinajstić information content (AvgIpc) is 2.31. The van der Waals surface area contributed by atoms with Gasteiger partial charge in [-0.25, -0.2) is 0 Å². The molecule has 1 unspecified atom stereocenters. The highest BCUT2D eigenvalue weighted by molar-refractivity contribution is 9.11. The molecule has 0 aromatic heterocycles. The third-order valence-corrected chi connectivity index (χ3v) is 3.93. The highest BCUT2D eigenvalue weighted by Gasteiger charge is 2.10. The Morgan fingerprint density at radius 2 is 1.67 bits per heavy atom. The van der Waals surface area contributed by atoms with Crippen LogP contribution in [0.4, 0.5) is 0 Å². The van der Waals surface area contributed by atoms with Gasteiger partial charge >= 0.3 is 0 Å². The van der Waals surface area contributed by atoms with E-state index in [1.54, 1.807) is 0 Å². The van der Waals surface area contributed by atoms with Crippen LogP contribution in [-0.4, -0.2) is 0 Å². The van der Waals surface area contributed by atoms with Crippen LogP contribution in [0.25, 0.3) is 0 Å². The molecule has 2 N–H and O–H groups in total. The molecule has 94 valence electrons. The number of hydrogen-bond donors (Lipinski definition) is 1. The SMILES string of the molecule is Cc1ccccc1CC(N)c1cc(Br)cc(Br)c1. The van der Waals surface area contributed by atoms with Crippen molar-refractivity contribution in [2.24, 2.45) is 5.73 Å². The lowest BCUT2D eigenvalue weighted by Gasteiger charge is -2.14. The van der Waals surface area contributed by atoms with Crippen molar-refractivity contribution in [1.82, 2.24) is 0 Å². The van der Waals surface area contributed by atoms with Crippen molar-refractivity contribution in [3.05, 3.63) is 68.1 Å². The Labute approximate surface area is 125 Å². The molecule has 0 radical (unpaired) electrons. The van der Waals surface area contributed by atoms with Crippen LogP contribution in [0, 0.1) is 6.92 Å². The second-order valence-corrected chi connectivity index (χ2v) is 6.27. The zero-order valence-corrected chi connectivity index (χ0v) is 13.3. The Bertz CT molecular complexity index is 532. The molecule has 1 nitrogen and oxygen atoms in total. The van der Waals surface area contributed by atoms with E-state index in [1.165, 1.54) is 11.1 Å². The van der Waals surface area contributed by atoms with Crippen LogP contribution in [0.1, 0.15) is 22.7 Å². The lowest BCUT2D eigenvalue weighted by Crippen LogP contribution is -2.14. The van der Waals surface area contributed by atoms with E-state index in [0.717, 1.165) is 20.9 Å². The number of halogens is 2. The van der Waals surface area contributed by atoms with Gasteiger partial charge in [-0.3, -0.25) is 0 Å². The van der Waals surface area contributed by atoms with E-state index < -0.39 is 0 Å². The van der Waals surface area contributed by atoms with Crippen LogP contribution >= 0.6 is 31.9 Å². The van der Waals surface area contributed by atoms with E-state index in [1.807, 2.05) is 6.07 Å². The van der Waals surface area contributed by atoms with Crippen LogP contribution in [0.3, 0.4) is 0 Å². The third kappa shape index (κ3) is 3.44. The van der Waals surface area contributed by atoms with E-state index in [-0.39, 0.29) is 6.04 Å². The maximum atomic E-state index is 6.29. The number of aryl methyl sites for hydroxylation is 1. The largest absolute Gasteiger partial charge is 0.324 e. The summed E-state index contributed by atoms with van der Waals surface area (Å²) in [6, 6.07) is 14.6. The molecular weight excluding hydrogens is 354 g/mol. The molecule has 2 rings (SSSR count). The summed E-state index contributed by atoms with van der Waals surface area (Å²) >= 11 is 6.99. The molecule has 18 heavy (non-hydrogen) atoms. The summed E-state index contributed by atoms with van der Waals surface area (Å²) < 4.78 is 2.10. The predicted molar refractivity (Wildman–Crippen MR) is 83.7 cm³/mol. The first-order chi connectivity index (χ1) is 8.56. The van der Waals surface area contributed by atoms with Crippen molar-refractivity contribution in [2.45, 2.75) is 19.4 Å². The normalized spacial score (nSPS) is 12.4. The molecule has 2 aromatic carbocycles. The minimum absolute atomic E-state index is 0.0138. The topological polar surface area (TPSA) is 26.0 Å². The highest BCUT2D eigenvalue weighted by atomic mass is 79.9. The summed E-state index contributed by atoms with van der Waals surface area (Å²) in [7, 11) is 0. The minimum atomic E-state index is 0.0138. The maximum absolute atomic E-state index is 6.29. The van der Waals surface area contributed by atoms with Crippen molar-refractivity contribution in [1.29, 1.82) is 0 Å². The van der Waals surface area contributed by atoms with Crippen molar-refractivity contribution < 1.29 is 0 Å². The Morgan fingerprint density at radius 3 is 2.28 bits per heavy atom. The van der Waals surface area contributed by atoms with Gasteiger partial charge < -0.3 is 5.73 Å². The lowest BCUT2D eigenvalue weighted by molar-refractivity contribution is 0.718. The molecule has 3 heteroatoms. The fourth-order valence-corrected chi connectivity index (χ4v) is 3.31. The quantitative estimate of drug-likeness (QED) is 0.830. The molecular formula is C15H15Br2N. The van der Waals surface area contributed by atoms with Gasteiger partial charge in [0.2, 0.25) is 0 Å². The van der Waals surface area contributed by atoms with Gasteiger partial charge in [-0.05, 0) is 48.2 Å². The number of hydrogen-bond acceptors (Lipinski definition) is 1. The van der Waals surface area contributed by atoms with E-state index >= 15 is 0 Å². The van der Waals surface area contributed by atoms with Crippen LogP contribution < -0.4 is 5.73 Å². The van der Waals surface area contributed by atoms with Crippen molar-refractivity contribution in [3.8, 4) is 0 Å². The second kappa shape index (κ2) is 6.00. The molecule has 0 fully saturated rings. The zero-order valence-electron chi connectivity index (χ0n) is 10.2. The van der Waals surface area contributed by atoms with Crippen molar-refractivity contribution in [3.63, 3.8) is 0 Å². The molecule has 0 aliphatic rings. The third-order valence-electron chi connectivity index (χ3n) is 3.01. The Balaban J connectivity index is 2.22. The molecule has 0 spiro atoms. The summed E-state index contributed by atoms with van der Waals surface area (Å²) in [5.74, 6) is 0. The van der Waals surface area contributed by atoms with Crippen LogP contribution in [0.15, 0.2) is 51.4 Å². The van der Waals surface area contributed by atoms with E-state index in [9.17, 15) is 0 Å². The van der Waals surface area contributed by atoms with E-state index in [2.05, 4.69) is 75.2 Å². The molecule has 1 atom stereocenters. The molecule has 0 saturated heterocycles. The molecule has 0 aliphatic carbocycles. The first-order valence-electron chi connectivity index (χ1n) is 5.82. The number of rotatable bonds is 3. The Kier molecular flexibility index (Phi) is 4.60. The van der Waals surface area contributed by atoms with Crippen LogP contribution in [0.5, 0.6) is 0 Å². The van der Waals surface area contributed by atoms with Gasteiger partial charge in [0.25, 0.3) is 0 Å². The molecule has 2 aromatic rings. The van der Waals surface area contributed by atoms with Gasteiger partial charge in [-0.1, -0.05) is 56.1 Å². The highest BCUT2D eigenvalue weighted by Crippen LogP contribution is 2.25. The van der Waals surface area contributed by atoms with Gasteiger partial charge in [-0.15, -0.1) is 0 Å². The number of benzene rings is 2. The molecule has 0 bridgehead atoms. The van der Waals surface area contributed by atoms with Gasteiger partial charge in [0.1, 0.15) is 0 Å². The van der Waals surface area contributed by atoms with E-state index in [0.29, 0.717) is 0 Å². The van der Waals surface area contributed by atoms with Gasteiger partial charge in [-0.2, -0.15) is 0 Å². The Hall–Kier alpha value is -0.640. The van der Waals surface area contributed by atoms with Gasteiger partial charge in [0.15, 0.2) is 0 Å². The summed E-state index contributed by atoms with van der Waals surface area (Å²) in [4.78, 5) is 0. The predicted octanol–water partition coefficient (Wildman–Crippen LogP) is 4.76. The summed E-state index contributed by atoms with van der Waals surface area (Å²) in [6.45, 7) is 2.12. The zero-order chi connectivity index (χ0) is 13.1. The van der Waals surface area contributed by atoms with Crippen LogP contribution in [-0.2, 0) is 6.42 Å². The first kappa shape index (κ1) is 13.8. The summed E-state index contributed by atoms with van der Waals surface area (Å²) in [5, 5.41) is 0. The molecule has 0 heterocycles. The standard InChI is InChI=1S/C15H15Br2N/c1-10-4-2-3-5-11(10)8-15(18)12-6-13(16)9-14(17)7-12/h2-7,9,15H,8,18H2,1H3. The lowest BCUT2D eigenvalue weighted by atomic mass is 9.97. The Morgan fingerprint density at radius 1 is 1.06 bits per heavy atom. The molecule has 0 saturated carbocycles. The fraction of sp³-hybridized carbons (Fsp3) is 0.200. The monoisotopic (exact) mass is 367 g/mol. The fourth-order valence-electron chi connectivity index (χ4n) is 1.98. The summed E-state index contributed by atoms with van der Waals surface area (Å²) in [5.41, 5.74) is 10.0. The first-order valence-corrected chi connectivity index (χ1v) is 7.41. The van der Waals surface area contributed by atoms with Gasteiger partial charge in [0, 0.05) is 15.0 Å².